The average Bonchev–Trinajstić information content (AvgIpc) is 2.65. The number of amides is 1. The van der Waals surface area contributed by atoms with Gasteiger partial charge in [0.15, 0.2) is 0 Å². The van der Waals surface area contributed by atoms with E-state index in [2.05, 4.69) is 20.6 Å². The summed E-state index contributed by atoms with van der Waals surface area (Å²) in [5.74, 6) is 0.144. The highest BCUT2D eigenvalue weighted by molar-refractivity contribution is 6.30. The summed E-state index contributed by atoms with van der Waals surface area (Å²) in [6.45, 7) is 2.49. The average molecular weight is 367 g/mol. The van der Waals surface area contributed by atoms with E-state index in [4.69, 9.17) is 11.6 Å². The van der Waals surface area contributed by atoms with Crippen molar-refractivity contribution in [2.24, 2.45) is 0 Å². The maximum atomic E-state index is 12.3. The SMILES string of the molecule is Cc1cc(Cl)ccc1Nc1nccc(C(=O)NCCc2ccccc2)n1. The fourth-order valence-electron chi connectivity index (χ4n) is 2.49. The molecule has 2 aromatic carbocycles. The van der Waals surface area contributed by atoms with Gasteiger partial charge in [0.05, 0.1) is 0 Å². The second kappa shape index (κ2) is 8.45. The van der Waals surface area contributed by atoms with Gasteiger partial charge in [-0.3, -0.25) is 4.79 Å². The lowest BCUT2D eigenvalue weighted by molar-refractivity contribution is 0.0949. The molecule has 1 amide bonds. The summed E-state index contributed by atoms with van der Waals surface area (Å²) in [5.41, 5.74) is 3.31. The Kier molecular flexibility index (Phi) is 5.81. The predicted molar refractivity (Wildman–Crippen MR) is 104 cm³/mol. The van der Waals surface area contributed by atoms with E-state index in [0.29, 0.717) is 23.2 Å². The van der Waals surface area contributed by atoms with Gasteiger partial charge in [-0.1, -0.05) is 41.9 Å². The van der Waals surface area contributed by atoms with Crippen LogP contribution in [0.4, 0.5) is 11.6 Å². The van der Waals surface area contributed by atoms with Crippen LogP contribution in [-0.4, -0.2) is 22.4 Å². The van der Waals surface area contributed by atoms with Crippen LogP contribution < -0.4 is 10.6 Å². The molecule has 0 bridgehead atoms. The van der Waals surface area contributed by atoms with Crippen LogP contribution in [0.5, 0.6) is 0 Å². The van der Waals surface area contributed by atoms with Crippen LogP contribution in [0.25, 0.3) is 0 Å². The predicted octanol–water partition coefficient (Wildman–Crippen LogP) is 4.15. The summed E-state index contributed by atoms with van der Waals surface area (Å²) in [6.07, 6.45) is 2.33. The third-order valence-corrected chi connectivity index (χ3v) is 4.10. The summed E-state index contributed by atoms with van der Waals surface area (Å²) in [7, 11) is 0. The first-order chi connectivity index (χ1) is 12.6. The summed E-state index contributed by atoms with van der Waals surface area (Å²) in [5, 5.41) is 6.67. The minimum absolute atomic E-state index is 0.223. The van der Waals surface area contributed by atoms with Crippen LogP contribution in [0, 0.1) is 6.92 Å². The third kappa shape index (κ3) is 4.80. The number of nitrogens with zero attached hydrogens (tertiary/aromatic N) is 2. The summed E-state index contributed by atoms with van der Waals surface area (Å²) in [6, 6.07) is 17.1. The van der Waals surface area contributed by atoms with Crippen molar-refractivity contribution in [1.29, 1.82) is 0 Å². The Bertz CT molecular complexity index is 899. The van der Waals surface area contributed by atoms with Crippen molar-refractivity contribution in [2.45, 2.75) is 13.3 Å². The minimum Gasteiger partial charge on any atom is -0.350 e. The van der Waals surface area contributed by atoms with Crippen molar-refractivity contribution in [1.82, 2.24) is 15.3 Å². The third-order valence-electron chi connectivity index (χ3n) is 3.87. The van der Waals surface area contributed by atoms with Crippen LogP contribution >= 0.6 is 11.6 Å². The Morgan fingerprint density at radius 1 is 1.12 bits per heavy atom. The van der Waals surface area contributed by atoms with E-state index >= 15 is 0 Å². The number of nitrogens with one attached hydrogen (secondary N) is 2. The van der Waals surface area contributed by atoms with Crippen LogP contribution in [-0.2, 0) is 6.42 Å². The van der Waals surface area contributed by atoms with E-state index in [1.54, 1.807) is 18.3 Å². The number of hydrogen-bond donors (Lipinski definition) is 2. The van der Waals surface area contributed by atoms with Crippen molar-refractivity contribution in [2.75, 3.05) is 11.9 Å². The Morgan fingerprint density at radius 2 is 1.92 bits per heavy atom. The number of anilines is 2. The topological polar surface area (TPSA) is 66.9 Å². The van der Waals surface area contributed by atoms with Gasteiger partial charge in [-0.05, 0) is 48.7 Å². The van der Waals surface area contributed by atoms with Crippen molar-refractivity contribution < 1.29 is 4.79 Å². The molecule has 0 atom stereocenters. The monoisotopic (exact) mass is 366 g/mol. The van der Waals surface area contributed by atoms with Gasteiger partial charge >= 0.3 is 0 Å². The molecule has 0 radical (unpaired) electrons. The first-order valence-electron chi connectivity index (χ1n) is 8.30. The summed E-state index contributed by atoms with van der Waals surface area (Å²) in [4.78, 5) is 20.8. The van der Waals surface area contributed by atoms with E-state index in [9.17, 15) is 4.79 Å². The number of aryl methyl sites for hydroxylation is 1. The molecule has 1 heterocycles. The number of carbonyl (C=O) groups excluding carboxylic acids is 1. The van der Waals surface area contributed by atoms with Crippen LogP contribution in [0.1, 0.15) is 21.6 Å². The molecule has 0 aliphatic rings. The highest BCUT2D eigenvalue weighted by atomic mass is 35.5. The second-order valence-corrected chi connectivity index (χ2v) is 6.28. The minimum atomic E-state index is -0.223. The zero-order valence-corrected chi connectivity index (χ0v) is 15.1. The number of hydrogen-bond acceptors (Lipinski definition) is 4. The van der Waals surface area contributed by atoms with Gasteiger partial charge in [0.1, 0.15) is 5.69 Å². The molecular formula is C20H19ClN4O. The quantitative estimate of drug-likeness (QED) is 0.687. The number of rotatable bonds is 6. The maximum absolute atomic E-state index is 12.3. The van der Waals surface area contributed by atoms with Gasteiger partial charge in [-0.25, -0.2) is 9.97 Å². The number of halogens is 1. The van der Waals surface area contributed by atoms with Gasteiger partial charge in [0.2, 0.25) is 5.95 Å². The molecule has 0 fully saturated rings. The van der Waals surface area contributed by atoms with Gasteiger partial charge in [0.25, 0.3) is 5.91 Å². The van der Waals surface area contributed by atoms with Crippen molar-refractivity contribution in [3.63, 3.8) is 0 Å². The molecule has 26 heavy (non-hydrogen) atoms. The summed E-state index contributed by atoms with van der Waals surface area (Å²) < 4.78 is 0. The molecule has 5 nitrogen and oxygen atoms in total. The van der Waals surface area contributed by atoms with E-state index in [1.165, 1.54) is 5.56 Å². The zero-order valence-electron chi connectivity index (χ0n) is 14.4. The molecule has 132 valence electrons. The molecule has 2 N–H and O–H groups in total. The molecule has 1 aromatic heterocycles. The van der Waals surface area contributed by atoms with Crippen molar-refractivity contribution >= 4 is 29.1 Å². The lowest BCUT2D eigenvalue weighted by Gasteiger charge is -2.09. The number of aromatic nitrogens is 2. The van der Waals surface area contributed by atoms with Gasteiger partial charge in [-0.15, -0.1) is 0 Å². The number of benzene rings is 2. The van der Waals surface area contributed by atoms with Crippen molar-refractivity contribution in [3.05, 3.63) is 82.6 Å². The smallest absolute Gasteiger partial charge is 0.270 e. The normalized spacial score (nSPS) is 10.4. The molecular weight excluding hydrogens is 348 g/mol. The molecule has 3 aromatic rings. The van der Waals surface area contributed by atoms with Gasteiger partial charge in [-0.2, -0.15) is 0 Å². The molecule has 0 spiro atoms. The fourth-order valence-corrected chi connectivity index (χ4v) is 2.72. The lowest BCUT2D eigenvalue weighted by Crippen LogP contribution is -2.26. The fraction of sp³-hybridized carbons (Fsp3) is 0.150. The standard InChI is InChI=1S/C20H19ClN4O/c1-14-13-16(21)7-8-17(14)24-20-23-12-10-18(25-20)19(26)22-11-9-15-5-3-2-4-6-15/h2-8,10,12-13H,9,11H2,1H3,(H,22,26)(H,23,24,25). The highest BCUT2D eigenvalue weighted by Gasteiger charge is 2.09. The summed E-state index contributed by atoms with van der Waals surface area (Å²) >= 11 is 5.97. The Labute approximate surface area is 157 Å². The number of carbonyl (C=O) groups is 1. The first kappa shape index (κ1) is 17.9. The second-order valence-electron chi connectivity index (χ2n) is 5.84. The lowest BCUT2D eigenvalue weighted by atomic mass is 10.1. The Hall–Kier alpha value is -2.92. The van der Waals surface area contributed by atoms with Gasteiger partial charge < -0.3 is 10.6 Å². The first-order valence-corrected chi connectivity index (χ1v) is 8.68. The Balaban J connectivity index is 1.62. The van der Waals surface area contributed by atoms with Crippen LogP contribution in [0.3, 0.4) is 0 Å². The molecule has 0 aliphatic carbocycles. The van der Waals surface area contributed by atoms with E-state index in [-0.39, 0.29) is 5.91 Å². The zero-order chi connectivity index (χ0) is 18.4. The Morgan fingerprint density at radius 3 is 2.69 bits per heavy atom. The van der Waals surface area contributed by atoms with E-state index in [0.717, 1.165) is 17.7 Å². The highest BCUT2D eigenvalue weighted by Crippen LogP contribution is 2.21. The van der Waals surface area contributed by atoms with E-state index in [1.807, 2.05) is 49.4 Å². The van der Waals surface area contributed by atoms with E-state index < -0.39 is 0 Å². The van der Waals surface area contributed by atoms with Crippen molar-refractivity contribution in [3.8, 4) is 0 Å². The van der Waals surface area contributed by atoms with Crippen LogP contribution in [0.15, 0.2) is 60.8 Å². The maximum Gasteiger partial charge on any atom is 0.270 e. The largest absolute Gasteiger partial charge is 0.350 e. The molecule has 0 saturated carbocycles. The molecule has 3 rings (SSSR count). The van der Waals surface area contributed by atoms with Crippen LogP contribution in [0.2, 0.25) is 5.02 Å². The molecule has 0 aliphatic heterocycles. The molecule has 0 unspecified atom stereocenters. The molecule has 0 saturated heterocycles. The molecule has 6 heteroatoms. The van der Waals surface area contributed by atoms with Gasteiger partial charge in [0, 0.05) is 23.5 Å².